The van der Waals surface area contributed by atoms with Gasteiger partial charge in [-0.1, -0.05) is 6.92 Å². The lowest BCUT2D eigenvalue weighted by Crippen LogP contribution is -2.39. The molecule has 1 fully saturated rings. The van der Waals surface area contributed by atoms with Crippen LogP contribution in [0.25, 0.3) is 0 Å². The van der Waals surface area contributed by atoms with Crippen LogP contribution in [0.2, 0.25) is 0 Å². The highest BCUT2D eigenvalue weighted by molar-refractivity contribution is 7.15. The molecule has 3 heterocycles. The van der Waals surface area contributed by atoms with Crippen LogP contribution >= 0.6 is 11.3 Å². The molecule has 2 aromatic rings. The summed E-state index contributed by atoms with van der Waals surface area (Å²) in [6.07, 6.45) is 6.36. The Bertz CT molecular complexity index is 653. The van der Waals surface area contributed by atoms with Crippen LogP contribution in [0.5, 0.6) is 0 Å². The van der Waals surface area contributed by atoms with Crippen molar-refractivity contribution in [1.82, 2.24) is 24.6 Å². The van der Waals surface area contributed by atoms with Crippen molar-refractivity contribution in [2.24, 2.45) is 0 Å². The number of carbonyl (C=O) groups is 1. The van der Waals surface area contributed by atoms with E-state index in [4.69, 9.17) is 0 Å². The molecule has 0 saturated carbocycles. The molecule has 3 rings (SSSR count). The van der Waals surface area contributed by atoms with Crippen LogP contribution in [0.4, 0.5) is 5.13 Å². The Morgan fingerprint density at radius 1 is 1.52 bits per heavy atom. The summed E-state index contributed by atoms with van der Waals surface area (Å²) in [5.41, 5.74) is 1.07. The number of carbonyl (C=O) groups excluding carboxylic acids is 1. The fourth-order valence-electron chi connectivity index (χ4n) is 3.01. The van der Waals surface area contributed by atoms with Crippen molar-refractivity contribution in [3.05, 3.63) is 23.2 Å². The zero-order valence-electron chi connectivity index (χ0n) is 13.5. The average Bonchev–Trinajstić information content (AvgIpc) is 3.23. The predicted octanol–water partition coefficient (Wildman–Crippen LogP) is 1.71. The van der Waals surface area contributed by atoms with Gasteiger partial charge in [-0.15, -0.1) is 11.3 Å². The maximum absolute atomic E-state index is 12.3. The van der Waals surface area contributed by atoms with Gasteiger partial charge < -0.3 is 5.32 Å². The highest BCUT2D eigenvalue weighted by atomic mass is 32.1. The molecule has 0 spiro atoms. The lowest BCUT2D eigenvalue weighted by molar-refractivity contribution is -0.117. The Morgan fingerprint density at radius 3 is 3.09 bits per heavy atom. The first-order valence-electron chi connectivity index (χ1n) is 7.98. The second-order valence-electron chi connectivity index (χ2n) is 5.81. The SMILES string of the molecule is CCc1nc(NC(=O)CN2CCC[C@H]2Cn2cncn2)sc1C. The number of nitrogens with one attached hydrogen (secondary N) is 1. The van der Waals surface area contributed by atoms with E-state index >= 15 is 0 Å². The van der Waals surface area contributed by atoms with E-state index < -0.39 is 0 Å². The quantitative estimate of drug-likeness (QED) is 0.870. The number of nitrogens with zero attached hydrogens (tertiary/aromatic N) is 5. The monoisotopic (exact) mass is 334 g/mol. The normalized spacial score (nSPS) is 18.4. The van der Waals surface area contributed by atoms with E-state index in [2.05, 4.69) is 32.2 Å². The van der Waals surface area contributed by atoms with Gasteiger partial charge in [-0.05, 0) is 32.7 Å². The molecule has 1 saturated heterocycles. The molecule has 7 nitrogen and oxygen atoms in total. The predicted molar refractivity (Wildman–Crippen MR) is 89.5 cm³/mol. The Balaban J connectivity index is 1.55. The highest BCUT2D eigenvalue weighted by Gasteiger charge is 2.27. The zero-order chi connectivity index (χ0) is 16.2. The van der Waals surface area contributed by atoms with Crippen LogP contribution in [-0.4, -0.2) is 49.7 Å². The first-order chi connectivity index (χ1) is 11.2. The summed E-state index contributed by atoms with van der Waals surface area (Å²) < 4.78 is 1.83. The van der Waals surface area contributed by atoms with Gasteiger partial charge in [0.25, 0.3) is 0 Å². The van der Waals surface area contributed by atoms with E-state index in [0.29, 0.717) is 17.7 Å². The topological polar surface area (TPSA) is 75.9 Å². The summed E-state index contributed by atoms with van der Waals surface area (Å²) >= 11 is 1.55. The molecule has 0 aliphatic carbocycles. The van der Waals surface area contributed by atoms with Crippen molar-refractivity contribution in [3.8, 4) is 0 Å². The minimum Gasteiger partial charge on any atom is -0.301 e. The van der Waals surface area contributed by atoms with Crippen molar-refractivity contribution in [1.29, 1.82) is 0 Å². The Morgan fingerprint density at radius 2 is 2.39 bits per heavy atom. The van der Waals surface area contributed by atoms with Crippen molar-refractivity contribution < 1.29 is 4.79 Å². The molecule has 1 aliphatic heterocycles. The summed E-state index contributed by atoms with van der Waals surface area (Å²) in [5, 5.41) is 7.79. The van der Waals surface area contributed by atoms with Gasteiger partial charge in [-0.25, -0.2) is 9.97 Å². The minimum absolute atomic E-state index is 0.00638. The van der Waals surface area contributed by atoms with Crippen molar-refractivity contribution >= 4 is 22.4 Å². The summed E-state index contributed by atoms with van der Waals surface area (Å²) in [4.78, 5) is 24.1. The number of anilines is 1. The third-order valence-electron chi connectivity index (χ3n) is 4.18. The first-order valence-corrected chi connectivity index (χ1v) is 8.80. The molecule has 0 aromatic carbocycles. The molecule has 23 heavy (non-hydrogen) atoms. The van der Waals surface area contributed by atoms with Crippen molar-refractivity contribution in [3.63, 3.8) is 0 Å². The van der Waals surface area contributed by atoms with Gasteiger partial charge in [0, 0.05) is 10.9 Å². The van der Waals surface area contributed by atoms with E-state index in [1.165, 1.54) is 4.88 Å². The van der Waals surface area contributed by atoms with Gasteiger partial charge in [-0.2, -0.15) is 5.10 Å². The first kappa shape index (κ1) is 16.1. The number of aromatic nitrogens is 4. The van der Waals surface area contributed by atoms with Crippen LogP contribution in [0, 0.1) is 6.92 Å². The fourth-order valence-corrected chi connectivity index (χ4v) is 3.92. The Kier molecular flexibility index (Phi) is 5.02. The Labute approximate surface area is 139 Å². The van der Waals surface area contributed by atoms with E-state index in [1.807, 2.05) is 11.6 Å². The third kappa shape index (κ3) is 3.94. The highest BCUT2D eigenvalue weighted by Crippen LogP contribution is 2.23. The number of hydrogen-bond acceptors (Lipinski definition) is 6. The lowest BCUT2D eigenvalue weighted by atomic mass is 10.2. The van der Waals surface area contributed by atoms with Crippen LogP contribution in [0.15, 0.2) is 12.7 Å². The number of rotatable bonds is 6. The molecule has 2 aromatic heterocycles. The largest absolute Gasteiger partial charge is 0.301 e. The Hall–Kier alpha value is -1.80. The van der Waals surface area contributed by atoms with Crippen LogP contribution < -0.4 is 5.32 Å². The minimum atomic E-state index is 0.00638. The van der Waals surface area contributed by atoms with E-state index in [1.54, 1.807) is 24.0 Å². The third-order valence-corrected chi connectivity index (χ3v) is 5.11. The van der Waals surface area contributed by atoms with E-state index in [-0.39, 0.29) is 5.91 Å². The van der Waals surface area contributed by atoms with Crippen LogP contribution in [-0.2, 0) is 17.8 Å². The van der Waals surface area contributed by atoms with Crippen molar-refractivity contribution in [2.45, 2.75) is 45.7 Å². The molecule has 0 unspecified atom stereocenters. The molecule has 1 N–H and O–H groups in total. The smallest absolute Gasteiger partial charge is 0.240 e. The van der Waals surface area contributed by atoms with Crippen LogP contribution in [0.3, 0.4) is 0 Å². The lowest BCUT2D eigenvalue weighted by Gasteiger charge is -2.23. The van der Waals surface area contributed by atoms with Gasteiger partial charge in [0.05, 0.1) is 18.8 Å². The second-order valence-corrected chi connectivity index (χ2v) is 7.01. The molecule has 1 atom stereocenters. The summed E-state index contributed by atoms with van der Waals surface area (Å²) in [6, 6.07) is 0.340. The summed E-state index contributed by atoms with van der Waals surface area (Å²) in [7, 11) is 0. The number of aryl methyl sites for hydroxylation is 2. The maximum atomic E-state index is 12.3. The maximum Gasteiger partial charge on any atom is 0.240 e. The summed E-state index contributed by atoms with van der Waals surface area (Å²) in [5.74, 6) is 0.00638. The number of thiazole rings is 1. The fraction of sp³-hybridized carbons (Fsp3) is 0.600. The molecule has 0 bridgehead atoms. The van der Waals surface area contributed by atoms with Gasteiger partial charge >= 0.3 is 0 Å². The number of hydrogen-bond donors (Lipinski definition) is 1. The van der Waals surface area contributed by atoms with Gasteiger partial charge in [0.15, 0.2) is 5.13 Å². The van der Waals surface area contributed by atoms with Crippen molar-refractivity contribution in [2.75, 3.05) is 18.4 Å². The van der Waals surface area contributed by atoms with Crippen LogP contribution in [0.1, 0.15) is 30.3 Å². The molecule has 0 radical (unpaired) electrons. The standard InChI is InChI=1S/C15H22N6OS/c1-3-13-11(2)23-15(18-13)19-14(22)8-20-6-4-5-12(20)7-21-10-16-9-17-21/h9-10,12H,3-8H2,1-2H3,(H,18,19,22)/t12-/m0/s1. The van der Waals surface area contributed by atoms with Gasteiger partial charge in [-0.3, -0.25) is 14.4 Å². The second kappa shape index (κ2) is 7.18. The summed E-state index contributed by atoms with van der Waals surface area (Å²) in [6.45, 7) is 6.25. The van der Waals surface area contributed by atoms with E-state index in [9.17, 15) is 4.79 Å². The molecular weight excluding hydrogens is 312 g/mol. The van der Waals surface area contributed by atoms with E-state index in [0.717, 1.165) is 38.0 Å². The average molecular weight is 334 g/mol. The molecule has 1 amide bonds. The molecular formula is C15H22N6OS. The molecule has 124 valence electrons. The molecule has 8 heteroatoms. The number of amides is 1. The molecule has 1 aliphatic rings. The number of likely N-dealkylation sites (tertiary alicyclic amines) is 1. The zero-order valence-corrected chi connectivity index (χ0v) is 14.3. The van der Waals surface area contributed by atoms with Gasteiger partial charge in [0.1, 0.15) is 12.7 Å². The van der Waals surface area contributed by atoms with Gasteiger partial charge in [0.2, 0.25) is 5.91 Å².